The Morgan fingerprint density at radius 2 is 1.46 bits per heavy atom. The van der Waals surface area contributed by atoms with Gasteiger partial charge >= 0.3 is 0 Å². The van der Waals surface area contributed by atoms with Crippen LogP contribution in [-0.2, 0) is 10.0 Å². The minimum atomic E-state index is -3.70. The molecule has 5 nitrogen and oxygen atoms in total. The average Bonchev–Trinajstić information content (AvgIpc) is 3.08. The number of anilines is 3. The Morgan fingerprint density at radius 1 is 0.786 bits per heavy atom. The number of aryl methyl sites for hydroxylation is 2. The average molecular weight is 391 g/mol. The molecule has 0 radical (unpaired) electrons. The third-order valence-corrected chi connectivity index (χ3v) is 6.09. The topological polar surface area (TPSA) is 74.0 Å². The fraction of sp³-hybridized carbons (Fsp3) is 0.0909. The number of aromatic amines is 1. The molecule has 0 atom stereocenters. The van der Waals surface area contributed by atoms with E-state index in [1.165, 1.54) is 0 Å². The number of hydrogen-bond donors (Lipinski definition) is 3. The Kier molecular flexibility index (Phi) is 4.57. The lowest BCUT2D eigenvalue weighted by atomic mass is 10.1. The third kappa shape index (κ3) is 3.46. The monoisotopic (exact) mass is 391 g/mol. The fourth-order valence-corrected chi connectivity index (χ4v) is 4.38. The summed E-state index contributed by atoms with van der Waals surface area (Å²) in [5.74, 6) is 0. The summed E-state index contributed by atoms with van der Waals surface area (Å²) >= 11 is 0. The van der Waals surface area contributed by atoms with E-state index in [1.54, 1.807) is 30.3 Å². The quantitative estimate of drug-likeness (QED) is 0.430. The maximum atomic E-state index is 12.9. The summed E-state index contributed by atoms with van der Waals surface area (Å²) < 4.78 is 28.4. The number of fused-ring (bicyclic) bond motifs is 1. The van der Waals surface area contributed by atoms with Gasteiger partial charge in [-0.05, 0) is 67.4 Å². The van der Waals surface area contributed by atoms with Gasteiger partial charge in [-0.2, -0.15) is 0 Å². The molecule has 28 heavy (non-hydrogen) atoms. The lowest BCUT2D eigenvalue weighted by molar-refractivity contribution is 0.601. The fourth-order valence-electron chi connectivity index (χ4n) is 3.31. The van der Waals surface area contributed by atoms with E-state index in [1.807, 2.05) is 56.4 Å². The second kappa shape index (κ2) is 7.05. The Morgan fingerprint density at radius 3 is 2.18 bits per heavy atom. The van der Waals surface area contributed by atoms with Gasteiger partial charge in [-0.15, -0.1) is 0 Å². The first kappa shape index (κ1) is 18.1. The van der Waals surface area contributed by atoms with Crippen LogP contribution in [0, 0.1) is 13.8 Å². The largest absolute Gasteiger partial charge is 0.359 e. The van der Waals surface area contributed by atoms with Gasteiger partial charge in [0, 0.05) is 23.0 Å². The van der Waals surface area contributed by atoms with Gasteiger partial charge in [0.1, 0.15) is 0 Å². The number of nitrogens with one attached hydrogen (secondary N) is 3. The van der Waals surface area contributed by atoms with E-state index < -0.39 is 10.0 Å². The van der Waals surface area contributed by atoms with Crippen LogP contribution in [0.3, 0.4) is 0 Å². The van der Waals surface area contributed by atoms with Crippen molar-refractivity contribution < 1.29 is 8.42 Å². The summed E-state index contributed by atoms with van der Waals surface area (Å²) in [7, 11) is -3.70. The molecule has 0 amide bonds. The Bertz CT molecular complexity index is 1230. The van der Waals surface area contributed by atoms with Crippen LogP contribution in [0.4, 0.5) is 17.1 Å². The molecule has 0 saturated heterocycles. The molecule has 0 unspecified atom stereocenters. The molecule has 4 aromatic rings. The number of benzene rings is 3. The first-order chi connectivity index (χ1) is 13.4. The number of aromatic nitrogens is 1. The van der Waals surface area contributed by atoms with Gasteiger partial charge in [0.2, 0.25) is 0 Å². The maximum absolute atomic E-state index is 12.9. The lowest BCUT2D eigenvalue weighted by Gasteiger charge is -2.11. The molecule has 4 rings (SSSR count). The predicted molar refractivity (Wildman–Crippen MR) is 115 cm³/mol. The third-order valence-electron chi connectivity index (χ3n) is 4.71. The number of para-hydroxylation sites is 1. The highest BCUT2D eigenvalue weighted by Crippen LogP contribution is 2.30. The molecule has 1 aromatic heterocycles. The second-order valence-electron chi connectivity index (χ2n) is 6.77. The standard InChI is InChI=1S/C22H21N3O2S/c1-15-8-13-20(22-21(15)16(2)14-23-22)25-28(26,27)19-11-9-18(10-12-19)24-17-6-4-3-5-7-17/h3-14,23-25H,1-2H3. The number of sulfonamides is 1. The van der Waals surface area contributed by atoms with E-state index in [2.05, 4.69) is 15.0 Å². The Labute approximate surface area is 164 Å². The Balaban J connectivity index is 1.60. The molecular weight excluding hydrogens is 370 g/mol. The molecule has 142 valence electrons. The van der Waals surface area contributed by atoms with Crippen molar-refractivity contribution in [3.8, 4) is 0 Å². The SMILES string of the molecule is Cc1ccc(NS(=O)(=O)c2ccc(Nc3ccccc3)cc2)c2[nH]cc(C)c12. The van der Waals surface area contributed by atoms with Gasteiger partial charge in [0.15, 0.2) is 0 Å². The predicted octanol–water partition coefficient (Wildman–Crippen LogP) is 5.33. The molecule has 0 aliphatic rings. The second-order valence-corrected chi connectivity index (χ2v) is 8.46. The highest BCUT2D eigenvalue weighted by atomic mass is 32.2. The van der Waals surface area contributed by atoms with E-state index in [4.69, 9.17) is 0 Å². The molecular formula is C22H21N3O2S. The number of H-pyrrole nitrogens is 1. The summed E-state index contributed by atoms with van der Waals surface area (Å²) in [5.41, 5.74) is 5.30. The van der Waals surface area contributed by atoms with Crippen LogP contribution in [0.15, 0.2) is 77.8 Å². The van der Waals surface area contributed by atoms with Crippen molar-refractivity contribution in [2.75, 3.05) is 10.0 Å². The minimum absolute atomic E-state index is 0.211. The molecule has 3 N–H and O–H groups in total. The smallest absolute Gasteiger partial charge is 0.261 e. The minimum Gasteiger partial charge on any atom is -0.359 e. The lowest BCUT2D eigenvalue weighted by Crippen LogP contribution is -2.13. The van der Waals surface area contributed by atoms with Crippen molar-refractivity contribution >= 4 is 38.0 Å². The molecule has 0 spiro atoms. The number of rotatable bonds is 5. The van der Waals surface area contributed by atoms with Gasteiger partial charge in [0.25, 0.3) is 10.0 Å². The molecule has 0 saturated carbocycles. The molecule has 0 aliphatic heterocycles. The summed E-state index contributed by atoms with van der Waals surface area (Å²) in [5, 5.41) is 4.29. The van der Waals surface area contributed by atoms with E-state index in [0.29, 0.717) is 5.69 Å². The van der Waals surface area contributed by atoms with E-state index in [-0.39, 0.29) is 4.90 Å². The van der Waals surface area contributed by atoms with Crippen molar-refractivity contribution in [2.45, 2.75) is 18.7 Å². The van der Waals surface area contributed by atoms with Crippen molar-refractivity contribution in [1.29, 1.82) is 0 Å². The highest BCUT2D eigenvalue weighted by Gasteiger charge is 2.17. The molecule has 0 fully saturated rings. The van der Waals surface area contributed by atoms with E-state index >= 15 is 0 Å². The van der Waals surface area contributed by atoms with Gasteiger partial charge in [0.05, 0.1) is 16.1 Å². The van der Waals surface area contributed by atoms with Crippen molar-refractivity contribution in [3.63, 3.8) is 0 Å². The normalized spacial score (nSPS) is 11.5. The van der Waals surface area contributed by atoms with Crippen LogP contribution in [0.25, 0.3) is 10.9 Å². The van der Waals surface area contributed by atoms with Gasteiger partial charge in [-0.3, -0.25) is 4.72 Å². The summed E-state index contributed by atoms with van der Waals surface area (Å²) in [4.78, 5) is 3.38. The molecule has 0 bridgehead atoms. The van der Waals surface area contributed by atoms with E-state index in [0.717, 1.165) is 33.4 Å². The van der Waals surface area contributed by atoms with Crippen LogP contribution in [-0.4, -0.2) is 13.4 Å². The first-order valence-electron chi connectivity index (χ1n) is 8.96. The highest BCUT2D eigenvalue weighted by molar-refractivity contribution is 7.92. The van der Waals surface area contributed by atoms with Crippen LogP contribution in [0.1, 0.15) is 11.1 Å². The van der Waals surface area contributed by atoms with Crippen molar-refractivity contribution in [3.05, 3.63) is 84.1 Å². The summed E-state index contributed by atoms with van der Waals surface area (Å²) in [6.07, 6.45) is 1.89. The summed E-state index contributed by atoms with van der Waals surface area (Å²) in [6.45, 7) is 4.02. The Hall–Kier alpha value is -3.25. The number of hydrogen-bond acceptors (Lipinski definition) is 3. The zero-order valence-corrected chi connectivity index (χ0v) is 16.5. The van der Waals surface area contributed by atoms with Gasteiger partial charge in [-0.25, -0.2) is 8.42 Å². The van der Waals surface area contributed by atoms with Crippen LogP contribution in [0.5, 0.6) is 0 Å². The van der Waals surface area contributed by atoms with E-state index in [9.17, 15) is 8.42 Å². The molecule has 1 heterocycles. The van der Waals surface area contributed by atoms with Gasteiger partial charge < -0.3 is 10.3 Å². The van der Waals surface area contributed by atoms with Crippen LogP contribution in [0.2, 0.25) is 0 Å². The first-order valence-corrected chi connectivity index (χ1v) is 10.4. The zero-order chi connectivity index (χ0) is 19.7. The van der Waals surface area contributed by atoms with Crippen molar-refractivity contribution in [2.24, 2.45) is 0 Å². The molecule has 3 aromatic carbocycles. The van der Waals surface area contributed by atoms with Gasteiger partial charge in [-0.1, -0.05) is 24.3 Å². The van der Waals surface area contributed by atoms with Crippen molar-refractivity contribution in [1.82, 2.24) is 4.98 Å². The molecule has 6 heteroatoms. The maximum Gasteiger partial charge on any atom is 0.261 e. The molecule has 0 aliphatic carbocycles. The summed E-state index contributed by atoms with van der Waals surface area (Å²) in [6, 6.07) is 20.1. The van der Waals surface area contributed by atoms with Crippen LogP contribution < -0.4 is 10.0 Å². The zero-order valence-electron chi connectivity index (χ0n) is 15.7. The van der Waals surface area contributed by atoms with Crippen LogP contribution >= 0.6 is 0 Å².